The van der Waals surface area contributed by atoms with E-state index in [1.807, 2.05) is 49.4 Å². The first-order valence-corrected chi connectivity index (χ1v) is 21.6. The molecule has 3 heterocycles. The molecular formula is C47H58ClFN6O8. The first kappa shape index (κ1) is 46.7. The molecule has 0 radical (unpaired) electrons. The zero-order valence-corrected chi connectivity index (χ0v) is 37.7. The quantitative estimate of drug-likeness (QED) is 0.0964. The van der Waals surface area contributed by atoms with Crippen molar-refractivity contribution in [1.29, 1.82) is 0 Å². The number of hydrogen-bond donors (Lipinski definition) is 4. The maximum atomic E-state index is 15.6. The number of morpholine rings is 1. The van der Waals surface area contributed by atoms with Crippen LogP contribution in [0.1, 0.15) is 96.0 Å². The molecule has 4 N–H and O–H groups in total. The number of amides is 5. The van der Waals surface area contributed by atoms with Gasteiger partial charge in [0, 0.05) is 29.4 Å². The highest BCUT2D eigenvalue weighted by Crippen LogP contribution is 2.37. The van der Waals surface area contributed by atoms with Crippen LogP contribution in [0.4, 0.5) is 35.1 Å². The van der Waals surface area contributed by atoms with Crippen LogP contribution in [0, 0.1) is 5.82 Å². The number of ether oxygens (including phenoxy) is 4. The lowest BCUT2D eigenvalue weighted by molar-refractivity contribution is -0.0635. The van der Waals surface area contributed by atoms with Crippen LogP contribution in [-0.2, 0) is 38.5 Å². The Balaban J connectivity index is 1.09. The van der Waals surface area contributed by atoms with E-state index >= 15 is 4.39 Å². The van der Waals surface area contributed by atoms with E-state index in [9.17, 15) is 19.2 Å². The number of urea groups is 1. The third-order valence-electron chi connectivity index (χ3n) is 10.4. The van der Waals surface area contributed by atoms with Crippen molar-refractivity contribution in [2.45, 2.75) is 117 Å². The SMILES string of the molecule is CC(CCCc1cc(Cl)c(F)c(-c2cc3c([nH]2)NC(=O)N(c2ccc(C4COCC(CCNC(=O)OC(C)(C)C)N4C(=O)OC(C)(C)C)cc2)C3)c1)NC(=O)OCc1ccccc1. The number of benzene rings is 3. The topological polar surface area (TPSA) is 164 Å². The summed E-state index contributed by atoms with van der Waals surface area (Å²) >= 11 is 6.40. The molecule has 1 saturated heterocycles. The molecule has 1 fully saturated rings. The fraction of sp³-hybridized carbons (Fsp3) is 0.447. The molecule has 0 spiro atoms. The van der Waals surface area contributed by atoms with E-state index in [1.54, 1.807) is 81.7 Å². The highest BCUT2D eigenvalue weighted by Gasteiger charge is 2.39. The van der Waals surface area contributed by atoms with Crippen LogP contribution in [-0.4, -0.2) is 77.2 Å². The number of aromatic amines is 1. The first-order valence-electron chi connectivity index (χ1n) is 21.3. The number of aromatic nitrogens is 1. The van der Waals surface area contributed by atoms with Crippen LogP contribution in [0.25, 0.3) is 11.3 Å². The van der Waals surface area contributed by atoms with E-state index in [-0.39, 0.29) is 55.6 Å². The molecule has 14 nitrogen and oxygen atoms in total. The molecule has 63 heavy (non-hydrogen) atoms. The summed E-state index contributed by atoms with van der Waals surface area (Å²) in [6.45, 7) is 13.8. The van der Waals surface area contributed by atoms with Gasteiger partial charge in [-0.2, -0.15) is 0 Å². The Morgan fingerprint density at radius 2 is 1.65 bits per heavy atom. The highest BCUT2D eigenvalue weighted by molar-refractivity contribution is 6.31. The molecule has 1 aromatic heterocycles. The zero-order valence-electron chi connectivity index (χ0n) is 36.9. The molecule has 3 aromatic carbocycles. The van der Waals surface area contributed by atoms with Gasteiger partial charge in [-0.05, 0) is 121 Å². The number of H-pyrrole nitrogens is 1. The van der Waals surface area contributed by atoms with Gasteiger partial charge in [-0.15, -0.1) is 0 Å². The number of halogens is 2. The molecule has 3 unspecified atom stereocenters. The lowest BCUT2D eigenvalue weighted by Gasteiger charge is -2.42. The fourth-order valence-corrected chi connectivity index (χ4v) is 7.71. The molecule has 338 valence electrons. The second-order valence-corrected chi connectivity index (χ2v) is 18.3. The molecule has 0 aliphatic carbocycles. The summed E-state index contributed by atoms with van der Waals surface area (Å²) in [4.78, 5) is 58.2. The van der Waals surface area contributed by atoms with Crippen LogP contribution in [0.3, 0.4) is 0 Å². The van der Waals surface area contributed by atoms with Crippen molar-refractivity contribution in [2.75, 3.05) is 30.0 Å². The van der Waals surface area contributed by atoms with Crippen LogP contribution in [0.15, 0.2) is 72.8 Å². The molecule has 2 aliphatic rings. The van der Waals surface area contributed by atoms with E-state index in [0.29, 0.717) is 42.9 Å². The molecule has 16 heteroatoms. The minimum atomic E-state index is -0.748. The molecule has 2 aliphatic heterocycles. The van der Waals surface area contributed by atoms with Gasteiger partial charge in [0.15, 0.2) is 5.82 Å². The van der Waals surface area contributed by atoms with Gasteiger partial charge in [0.05, 0.1) is 42.6 Å². The number of carbonyl (C=O) groups is 4. The fourth-order valence-electron chi connectivity index (χ4n) is 7.47. The van der Waals surface area contributed by atoms with Crippen molar-refractivity contribution >= 4 is 47.4 Å². The summed E-state index contributed by atoms with van der Waals surface area (Å²) < 4.78 is 38.1. The predicted octanol–water partition coefficient (Wildman–Crippen LogP) is 10.3. The van der Waals surface area contributed by atoms with E-state index in [2.05, 4.69) is 20.9 Å². The summed E-state index contributed by atoms with van der Waals surface area (Å²) in [6.07, 6.45) is 0.813. The van der Waals surface area contributed by atoms with Crippen molar-refractivity contribution in [1.82, 2.24) is 20.5 Å². The van der Waals surface area contributed by atoms with Crippen LogP contribution in [0.2, 0.25) is 5.02 Å². The summed E-state index contributed by atoms with van der Waals surface area (Å²) in [5.74, 6) is -0.120. The number of nitrogens with zero attached hydrogens (tertiary/aromatic N) is 2. The largest absolute Gasteiger partial charge is 0.445 e. The van der Waals surface area contributed by atoms with Gasteiger partial charge in [0.1, 0.15) is 23.6 Å². The molecule has 0 bridgehead atoms. The number of carbonyl (C=O) groups excluding carboxylic acids is 4. The van der Waals surface area contributed by atoms with Crippen molar-refractivity contribution in [3.63, 3.8) is 0 Å². The Kier molecular flexibility index (Phi) is 14.9. The molecule has 4 aromatic rings. The van der Waals surface area contributed by atoms with Gasteiger partial charge in [-0.3, -0.25) is 15.1 Å². The van der Waals surface area contributed by atoms with Gasteiger partial charge in [0.2, 0.25) is 0 Å². The summed E-state index contributed by atoms with van der Waals surface area (Å²) in [7, 11) is 0. The average Bonchev–Trinajstić information content (AvgIpc) is 3.62. The van der Waals surface area contributed by atoms with Gasteiger partial charge in [0.25, 0.3) is 0 Å². The molecule has 0 saturated carbocycles. The van der Waals surface area contributed by atoms with E-state index in [0.717, 1.165) is 22.3 Å². The molecule has 6 rings (SSSR count). The molecular weight excluding hydrogens is 831 g/mol. The van der Waals surface area contributed by atoms with Crippen molar-refractivity contribution < 1.29 is 42.5 Å². The third kappa shape index (κ3) is 12.9. The average molecular weight is 889 g/mol. The summed E-state index contributed by atoms with van der Waals surface area (Å²) in [5, 5.41) is 8.50. The number of aryl methyl sites for hydroxylation is 1. The highest BCUT2D eigenvalue weighted by atomic mass is 35.5. The lowest BCUT2D eigenvalue weighted by atomic mass is 10.0. The normalized spacial score (nSPS) is 17.0. The van der Waals surface area contributed by atoms with E-state index in [1.165, 1.54) is 0 Å². The lowest BCUT2D eigenvalue weighted by Crippen LogP contribution is -2.53. The Bertz CT molecular complexity index is 2240. The van der Waals surface area contributed by atoms with Gasteiger partial charge >= 0.3 is 24.3 Å². The van der Waals surface area contributed by atoms with Crippen molar-refractivity contribution in [2.24, 2.45) is 0 Å². The van der Waals surface area contributed by atoms with E-state index < -0.39 is 47.4 Å². The Morgan fingerprint density at radius 1 is 0.937 bits per heavy atom. The minimum Gasteiger partial charge on any atom is -0.445 e. The summed E-state index contributed by atoms with van der Waals surface area (Å²) in [5.41, 5.74) is 3.19. The van der Waals surface area contributed by atoms with Crippen LogP contribution in [0.5, 0.6) is 0 Å². The van der Waals surface area contributed by atoms with E-state index in [4.69, 9.17) is 30.5 Å². The number of nitrogens with one attached hydrogen (secondary N) is 4. The maximum absolute atomic E-state index is 15.6. The number of anilines is 2. The molecule has 3 atom stereocenters. The van der Waals surface area contributed by atoms with Crippen LogP contribution >= 0.6 is 11.6 Å². The zero-order chi connectivity index (χ0) is 45.5. The second kappa shape index (κ2) is 20.1. The summed E-state index contributed by atoms with van der Waals surface area (Å²) in [6, 6.07) is 20.5. The van der Waals surface area contributed by atoms with Crippen molar-refractivity contribution in [3.8, 4) is 11.3 Å². The number of hydrogen-bond acceptors (Lipinski definition) is 8. The number of fused-ring (bicyclic) bond motifs is 1. The Morgan fingerprint density at radius 3 is 2.35 bits per heavy atom. The number of rotatable bonds is 13. The number of alkyl carbamates (subject to hydrolysis) is 2. The van der Waals surface area contributed by atoms with Crippen molar-refractivity contribution in [3.05, 3.63) is 106 Å². The second-order valence-electron chi connectivity index (χ2n) is 17.9. The molecule has 5 amide bonds. The Labute approximate surface area is 373 Å². The predicted molar refractivity (Wildman–Crippen MR) is 239 cm³/mol. The van der Waals surface area contributed by atoms with Gasteiger partial charge in [-0.1, -0.05) is 54.1 Å². The maximum Gasteiger partial charge on any atom is 0.411 e. The standard InChI is InChI=1S/C47H58ClFN6O8/c1-29(51-44(58)61-26-30-13-9-8-10-14-30)12-11-15-31-22-36(40(49)37(48)23-31)38-24-33-25-54(42(56)53-41(33)52-38)34-18-16-32(17-19-34)39-28-60-27-35(55(39)45(59)63-47(5,6)7)20-21-50-43(57)62-46(2,3)4/h8-10,13-14,16-19,22-24,29,35,39,52H,11-12,15,20-21,25-28H2,1-7H3,(H,50,57)(H,51,58)(H,53,56). The first-order chi connectivity index (χ1) is 29.8. The minimum absolute atomic E-state index is 0.0196. The van der Waals surface area contributed by atoms with Gasteiger partial charge in [-0.25, -0.2) is 23.6 Å². The smallest absolute Gasteiger partial charge is 0.411 e. The Hall–Kier alpha value is -5.80. The monoisotopic (exact) mass is 888 g/mol. The van der Waals surface area contributed by atoms with Crippen LogP contribution < -0.4 is 20.9 Å². The van der Waals surface area contributed by atoms with Gasteiger partial charge < -0.3 is 34.6 Å². The third-order valence-corrected chi connectivity index (χ3v) is 10.7.